The molecule has 0 atom stereocenters. The van der Waals surface area contributed by atoms with E-state index in [0.717, 1.165) is 49.0 Å². The van der Waals surface area contributed by atoms with Gasteiger partial charge in [-0.05, 0) is 35.4 Å². The van der Waals surface area contributed by atoms with Crippen molar-refractivity contribution in [2.24, 2.45) is 0 Å². The fourth-order valence-corrected chi connectivity index (χ4v) is 3.96. The van der Waals surface area contributed by atoms with Crippen LogP contribution in [0.15, 0.2) is 97.2 Å². The quantitative estimate of drug-likeness (QED) is 0.398. The predicted molar refractivity (Wildman–Crippen MR) is 129 cm³/mol. The van der Waals surface area contributed by atoms with Crippen molar-refractivity contribution in [3.8, 4) is 16.9 Å². The number of anilines is 1. The van der Waals surface area contributed by atoms with Gasteiger partial charge in [0, 0.05) is 29.8 Å². The van der Waals surface area contributed by atoms with Crippen LogP contribution < -0.4 is 14.3 Å². The average molecular weight is 439 g/mol. The van der Waals surface area contributed by atoms with Crippen LogP contribution in [-0.4, -0.2) is 31.4 Å². The standard InChI is InChI=1S/C28H28N3O2/c1-3-7-24(8-4-1)22-33-27-13-11-23(12-14-27)20-31-21-26(25-9-5-2-6-10-25)19-28(29-31)30-15-17-32-18-16-30/h1-14,19,21H,15-18,20,22H2/q+1. The lowest BCUT2D eigenvalue weighted by atomic mass is 10.1. The molecule has 0 amide bonds. The van der Waals surface area contributed by atoms with Gasteiger partial charge in [-0.25, -0.2) is 0 Å². The summed E-state index contributed by atoms with van der Waals surface area (Å²) in [4.78, 5) is 2.30. The third-order valence-electron chi connectivity index (χ3n) is 5.76. The Bertz CT molecular complexity index is 1160. The third-order valence-corrected chi connectivity index (χ3v) is 5.76. The van der Waals surface area contributed by atoms with Crippen LogP contribution in [0.25, 0.3) is 11.1 Å². The molecule has 1 aromatic heterocycles. The Balaban J connectivity index is 1.34. The largest absolute Gasteiger partial charge is 0.489 e. The molecule has 0 spiro atoms. The number of nitrogens with zero attached hydrogens (tertiary/aromatic N) is 3. The second kappa shape index (κ2) is 10.3. The Kier molecular flexibility index (Phi) is 6.59. The summed E-state index contributed by atoms with van der Waals surface area (Å²) in [6.45, 7) is 4.45. The molecule has 0 aliphatic carbocycles. The zero-order chi connectivity index (χ0) is 22.3. The molecule has 1 saturated heterocycles. The summed E-state index contributed by atoms with van der Waals surface area (Å²) in [6.07, 6.45) is 2.12. The van der Waals surface area contributed by atoms with Gasteiger partial charge in [-0.1, -0.05) is 65.3 Å². The first-order chi connectivity index (χ1) is 16.3. The lowest BCUT2D eigenvalue weighted by Crippen LogP contribution is -2.43. The zero-order valence-corrected chi connectivity index (χ0v) is 18.6. The number of aromatic nitrogens is 2. The molecule has 1 aliphatic rings. The van der Waals surface area contributed by atoms with E-state index in [1.807, 2.05) is 41.1 Å². The van der Waals surface area contributed by atoms with Crippen LogP contribution >= 0.6 is 0 Å². The minimum Gasteiger partial charge on any atom is -0.489 e. The molecular weight excluding hydrogens is 410 g/mol. The van der Waals surface area contributed by atoms with Gasteiger partial charge in [0.1, 0.15) is 12.4 Å². The average Bonchev–Trinajstić information content (AvgIpc) is 2.90. The predicted octanol–water partition coefficient (Wildman–Crippen LogP) is 4.50. The normalized spacial score (nSPS) is 13.6. The molecule has 0 N–H and O–H groups in total. The minimum atomic E-state index is 0.568. The summed E-state index contributed by atoms with van der Waals surface area (Å²) in [5, 5.41) is 4.93. The van der Waals surface area contributed by atoms with E-state index in [1.54, 1.807) is 0 Å². The molecule has 0 saturated carbocycles. The van der Waals surface area contributed by atoms with E-state index in [0.29, 0.717) is 13.2 Å². The molecule has 1 aliphatic heterocycles. The van der Waals surface area contributed by atoms with Crippen molar-refractivity contribution in [1.82, 2.24) is 5.10 Å². The molecule has 0 unspecified atom stereocenters. The molecule has 5 nitrogen and oxygen atoms in total. The van der Waals surface area contributed by atoms with Gasteiger partial charge in [-0.3, -0.25) is 0 Å². The number of morpholine rings is 1. The highest BCUT2D eigenvalue weighted by molar-refractivity contribution is 5.64. The SMILES string of the molecule is c1ccc(COc2ccc(C[n+]3cc(-c4ccccc4)cc(N4CCOCC4)n3)cc2)cc1. The van der Waals surface area contributed by atoms with E-state index in [-0.39, 0.29) is 0 Å². The molecular formula is C28H28N3O2+. The molecule has 166 valence electrons. The van der Waals surface area contributed by atoms with Crippen LogP contribution in [0.5, 0.6) is 5.75 Å². The summed E-state index contributed by atoms with van der Waals surface area (Å²) in [7, 11) is 0. The Morgan fingerprint density at radius 2 is 1.48 bits per heavy atom. The van der Waals surface area contributed by atoms with E-state index >= 15 is 0 Å². The number of rotatable bonds is 7. The van der Waals surface area contributed by atoms with Crippen LogP contribution in [0.4, 0.5) is 5.82 Å². The maximum absolute atomic E-state index is 5.93. The van der Waals surface area contributed by atoms with Crippen molar-refractivity contribution < 1.29 is 14.2 Å². The summed E-state index contributed by atoms with van der Waals surface area (Å²) in [5.74, 6) is 1.86. The summed E-state index contributed by atoms with van der Waals surface area (Å²) >= 11 is 0. The maximum Gasteiger partial charge on any atom is 0.204 e. The third kappa shape index (κ3) is 5.57. The van der Waals surface area contributed by atoms with Crippen molar-refractivity contribution in [1.29, 1.82) is 0 Å². The molecule has 0 bridgehead atoms. The monoisotopic (exact) mass is 438 g/mol. The van der Waals surface area contributed by atoms with Crippen LogP contribution in [0, 0.1) is 0 Å². The highest BCUT2D eigenvalue weighted by Gasteiger charge is 2.19. The van der Waals surface area contributed by atoms with E-state index in [1.165, 1.54) is 11.1 Å². The molecule has 5 rings (SSSR count). The van der Waals surface area contributed by atoms with E-state index in [4.69, 9.17) is 14.6 Å². The Morgan fingerprint density at radius 1 is 0.788 bits per heavy atom. The van der Waals surface area contributed by atoms with Crippen LogP contribution in [0.3, 0.4) is 0 Å². The van der Waals surface area contributed by atoms with Gasteiger partial charge in [0.25, 0.3) is 0 Å². The summed E-state index contributed by atoms with van der Waals surface area (Å²) < 4.78 is 13.5. The van der Waals surface area contributed by atoms with Gasteiger partial charge in [-0.2, -0.15) is 0 Å². The first-order valence-electron chi connectivity index (χ1n) is 11.4. The van der Waals surface area contributed by atoms with E-state index in [9.17, 15) is 0 Å². The molecule has 1 fully saturated rings. The molecule has 0 radical (unpaired) electrons. The second-order valence-electron chi connectivity index (χ2n) is 8.17. The highest BCUT2D eigenvalue weighted by Crippen LogP contribution is 2.22. The Morgan fingerprint density at radius 3 is 2.21 bits per heavy atom. The van der Waals surface area contributed by atoms with Gasteiger partial charge in [0.15, 0.2) is 12.4 Å². The number of ether oxygens (including phenoxy) is 2. The smallest absolute Gasteiger partial charge is 0.204 e. The maximum atomic E-state index is 5.93. The second-order valence-corrected chi connectivity index (χ2v) is 8.17. The minimum absolute atomic E-state index is 0.568. The van der Waals surface area contributed by atoms with Gasteiger partial charge in [-0.15, -0.1) is 0 Å². The fourth-order valence-electron chi connectivity index (χ4n) is 3.96. The van der Waals surface area contributed by atoms with Crippen molar-refractivity contribution in [2.45, 2.75) is 13.2 Å². The van der Waals surface area contributed by atoms with Gasteiger partial charge < -0.3 is 14.4 Å². The highest BCUT2D eigenvalue weighted by atomic mass is 16.5. The molecule has 4 aromatic rings. The number of hydrogen-bond donors (Lipinski definition) is 0. The van der Waals surface area contributed by atoms with Gasteiger partial charge in [0.2, 0.25) is 6.20 Å². The Labute approximate surface area is 194 Å². The number of benzene rings is 3. The van der Waals surface area contributed by atoms with Crippen LogP contribution in [0.1, 0.15) is 11.1 Å². The van der Waals surface area contributed by atoms with Crippen LogP contribution in [0.2, 0.25) is 0 Å². The van der Waals surface area contributed by atoms with Crippen LogP contribution in [-0.2, 0) is 17.9 Å². The zero-order valence-electron chi connectivity index (χ0n) is 18.6. The molecule has 2 heterocycles. The lowest BCUT2D eigenvalue weighted by Gasteiger charge is -2.26. The van der Waals surface area contributed by atoms with Gasteiger partial charge >= 0.3 is 0 Å². The molecule has 3 aromatic carbocycles. The number of hydrogen-bond acceptors (Lipinski definition) is 4. The molecule has 5 heteroatoms. The van der Waals surface area contributed by atoms with Gasteiger partial charge in [0.05, 0.1) is 18.8 Å². The first kappa shape index (κ1) is 21.2. The lowest BCUT2D eigenvalue weighted by molar-refractivity contribution is -0.744. The topological polar surface area (TPSA) is 38.5 Å². The first-order valence-corrected chi connectivity index (χ1v) is 11.4. The van der Waals surface area contributed by atoms with Crippen molar-refractivity contribution >= 4 is 5.82 Å². The van der Waals surface area contributed by atoms with Crippen molar-refractivity contribution in [2.75, 3.05) is 31.2 Å². The summed E-state index contributed by atoms with van der Waals surface area (Å²) in [6, 6.07) is 31.1. The van der Waals surface area contributed by atoms with Crippen molar-refractivity contribution in [3.63, 3.8) is 0 Å². The van der Waals surface area contributed by atoms with E-state index < -0.39 is 0 Å². The van der Waals surface area contributed by atoms with E-state index in [2.05, 4.69) is 65.7 Å². The molecule has 33 heavy (non-hydrogen) atoms. The van der Waals surface area contributed by atoms with Crippen molar-refractivity contribution in [3.05, 3.63) is 108 Å². The summed E-state index contributed by atoms with van der Waals surface area (Å²) in [5.41, 5.74) is 4.69. The fraction of sp³-hybridized carbons (Fsp3) is 0.214. The Hall–Kier alpha value is -3.70.